The normalized spacial score (nSPS) is 25.4. The van der Waals surface area contributed by atoms with Crippen LogP contribution in [0.3, 0.4) is 0 Å². The highest BCUT2D eigenvalue weighted by molar-refractivity contribution is 6.19. The fraction of sp³-hybridized carbons (Fsp3) is 0.547. The number of nitrogens with one attached hydrogen (secondary N) is 4. The van der Waals surface area contributed by atoms with Crippen LogP contribution in [0.25, 0.3) is 0 Å². The Bertz CT molecular complexity index is 3830. The number of amides is 12. The summed E-state index contributed by atoms with van der Waals surface area (Å²) in [5.41, 5.74) is 2.76. The van der Waals surface area contributed by atoms with Crippen LogP contribution in [0.5, 0.6) is 17.2 Å². The smallest absolute Gasteiger partial charge is 0.256 e. The van der Waals surface area contributed by atoms with E-state index in [2.05, 4.69) is 34.4 Å². The zero-order chi connectivity index (χ0) is 77.3. The molecule has 7 aliphatic heterocycles. The number of ether oxygens (including phenoxy) is 7. The highest BCUT2D eigenvalue weighted by atomic mass is 16.5. The van der Waals surface area contributed by atoms with E-state index in [1.807, 2.05) is 0 Å². The maximum atomic E-state index is 14.6. The van der Waals surface area contributed by atoms with E-state index in [9.17, 15) is 72.2 Å². The Morgan fingerprint density at radius 2 is 0.963 bits per heavy atom. The van der Waals surface area contributed by atoms with Gasteiger partial charge in [0, 0.05) is 108 Å². The number of imide groups is 2. The highest BCUT2D eigenvalue weighted by Crippen LogP contribution is 2.42. The molecule has 7 atom stereocenters. The van der Waals surface area contributed by atoms with E-state index in [0.29, 0.717) is 52.4 Å². The molecule has 0 spiro atoms. The lowest BCUT2D eigenvalue weighted by molar-refractivity contribution is -0.156. The minimum absolute atomic E-state index is 0.0251. The average Bonchev–Trinajstić information content (AvgIpc) is 1.64. The van der Waals surface area contributed by atoms with Crippen LogP contribution < -0.4 is 45.3 Å². The first-order valence-corrected chi connectivity index (χ1v) is 36.2. The van der Waals surface area contributed by atoms with Gasteiger partial charge in [-0.3, -0.25) is 81.8 Å². The van der Waals surface area contributed by atoms with Gasteiger partial charge < -0.3 is 74.2 Å². The van der Waals surface area contributed by atoms with E-state index >= 15 is 0 Å². The lowest BCUT2D eigenvalue weighted by Gasteiger charge is -2.35. The lowest BCUT2D eigenvalue weighted by atomic mass is 9.96. The van der Waals surface area contributed by atoms with E-state index in [0.717, 1.165) is 34.8 Å². The summed E-state index contributed by atoms with van der Waals surface area (Å²) < 4.78 is 40.8. The van der Waals surface area contributed by atoms with Gasteiger partial charge >= 0.3 is 0 Å². The second kappa shape index (κ2) is 37.5. The third-order valence-corrected chi connectivity index (χ3v) is 19.3. The number of carbonyl (C=O) groups is 14. The second-order valence-corrected chi connectivity index (χ2v) is 27.8. The van der Waals surface area contributed by atoms with Crippen LogP contribution in [-0.4, -0.2) is 256 Å². The second-order valence-electron chi connectivity index (χ2n) is 27.8. The average molecular weight is 1490 g/mol. The highest BCUT2D eigenvalue weighted by Gasteiger charge is 2.51. The Morgan fingerprint density at radius 1 is 0.505 bits per heavy atom. The van der Waals surface area contributed by atoms with Crippen molar-refractivity contribution in [3.63, 3.8) is 0 Å². The number of anilines is 2. The molecule has 0 aromatic heterocycles. The number of aryl methyl sites for hydroxylation is 1. The number of carbonyl (C=O) groups excluding carboxylic acids is 14. The number of aliphatic hydroxyl groups excluding tert-OH is 1. The number of ketones is 2. The number of hydrogen-bond acceptors (Lipinski definition) is 22. The SMILES string of the molecule is C=C1C[C@H]2CN3C(=O)CCC(=O)[C@H](C(C)C)NC(=O)CCOCCOCCNC(=O)C(N4C(=O)C=CC4=O)C(N4C(=O)C=CC4=O)C(=O)NCCOCCOCCC(=O)N[C@@H](C(C)C)C(=O)CCC(=O)N4c5cc(c(C)cc5C(=O)N5CC(=C)C[C@H]5[C@@H]4O)OCCCCCOc4cc3c(cc4OC)C(=O)N2C1. The van der Waals surface area contributed by atoms with Crippen molar-refractivity contribution in [1.29, 1.82) is 0 Å². The molecule has 32 heteroatoms. The summed E-state index contributed by atoms with van der Waals surface area (Å²) in [4.78, 5) is 200. The predicted molar refractivity (Wildman–Crippen MR) is 382 cm³/mol. The maximum Gasteiger partial charge on any atom is 0.256 e. The van der Waals surface area contributed by atoms with Gasteiger partial charge in [0.15, 0.2) is 29.3 Å². The van der Waals surface area contributed by atoms with Gasteiger partial charge in [0.25, 0.3) is 35.4 Å². The van der Waals surface area contributed by atoms with E-state index in [1.54, 1.807) is 63.8 Å². The number of methoxy groups -OCH3 is 1. The molecular weight excluding hydrogens is 1390 g/mol. The first kappa shape index (κ1) is 81.1. The predicted octanol–water partition coefficient (Wildman–Crippen LogP) is 1.84. The molecule has 7 aliphatic rings. The molecule has 0 radical (unpaired) electrons. The van der Waals surface area contributed by atoms with E-state index in [1.165, 1.54) is 16.9 Å². The van der Waals surface area contributed by atoms with Crippen molar-refractivity contribution in [3.05, 3.63) is 89.6 Å². The Hall–Kier alpha value is -10.0. The molecule has 2 aromatic rings. The van der Waals surface area contributed by atoms with Crippen LogP contribution in [0.4, 0.5) is 11.4 Å². The molecule has 2 saturated heterocycles. The summed E-state index contributed by atoms with van der Waals surface area (Å²) in [6.07, 6.45) is 2.60. The Morgan fingerprint density at radius 3 is 1.48 bits per heavy atom. The number of aliphatic hydroxyl groups is 1. The fourth-order valence-corrected chi connectivity index (χ4v) is 13.8. The molecule has 4 bridgehead atoms. The van der Waals surface area contributed by atoms with Crippen molar-refractivity contribution < 1.29 is 105 Å². The molecule has 107 heavy (non-hydrogen) atoms. The van der Waals surface area contributed by atoms with Crippen LogP contribution in [0.2, 0.25) is 0 Å². The molecule has 12 amide bonds. The summed E-state index contributed by atoms with van der Waals surface area (Å²) in [5, 5.41) is 22.6. The molecule has 7 heterocycles. The van der Waals surface area contributed by atoms with Gasteiger partial charge in [-0.2, -0.15) is 0 Å². The van der Waals surface area contributed by atoms with Crippen molar-refractivity contribution >= 4 is 93.8 Å². The van der Waals surface area contributed by atoms with Gasteiger partial charge in [0.05, 0.1) is 120 Å². The minimum Gasteiger partial charge on any atom is -0.493 e. The van der Waals surface area contributed by atoms with Crippen LogP contribution in [0.15, 0.2) is 72.9 Å². The molecule has 578 valence electrons. The number of benzene rings is 2. The van der Waals surface area contributed by atoms with Gasteiger partial charge in [-0.05, 0) is 68.6 Å². The molecule has 2 aromatic carbocycles. The first-order valence-electron chi connectivity index (χ1n) is 36.2. The van der Waals surface area contributed by atoms with Crippen LogP contribution >= 0.6 is 0 Å². The third kappa shape index (κ3) is 20.0. The quantitative estimate of drug-likeness (QED) is 0.211. The molecule has 0 saturated carbocycles. The van der Waals surface area contributed by atoms with Gasteiger partial charge in [-0.25, -0.2) is 0 Å². The Kier molecular flexibility index (Phi) is 28.4. The standard InChI is InChI=1S/C75H96N10O22/c1-43(2)67-54(86)12-14-61(90)81-42-48-34-45(5)40-80(48)73(98)50-37-57(101-8)58(38-51(50)81)107-25-11-9-10-24-106-56-39-52-49(36-47(56)7)74(99)82-41-46(6)35-53(82)75(100)83(52)62(91)15-13-55(87)68(44(3)4)79-60(89)21-27-103-31-33-105-29-23-77-72(97)70(85-65(94)18-19-66(85)95)69(84-63(92)16-17-64(84)93)71(96)76-22-28-104-32-30-102-26-20-59(88)78-67/h16-19,36-39,43-44,48,53,67-70,75,100H,5-6,9-15,20-35,40-42H2,1-4,7-8H3,(H,76,96)(H,77,97)(H,78,88)(H,79,89)/t48-,53-,67-,68-,69?,70?,75-/m0/s1. The zero-order valence-corrected chi connectivity index (χ0v) is 61.3. The molecule has 2 fully saturated rings. The number of rotatable bonds is 5. The zero-order valence-electron chi connectivity index (χ0n) is 61.3. The lowest BCUT2D eigenvalue weighted by Crippen LogP contribution is -2.66. The number of Topliss-reactive ketones (excluding diaryl/α,β-unsaturated/α-hetero) is 2. The summed E-state index contributed by atoms with van der Waals surface area (Å²) in [7, 11) is 1.44. The molecule has 2 unspecified atom stereocenters. The van der Waals surface area contributed by atoms with E-state index in [-0.39, 0.29) is 183 Å². The molecule has 0 aliphatic carbocycles. The summed E-state index contributed by atoms with van der Waals surface area (Å²) in [6.45, 7) is 16.6. The van der Waals surface area contributed by atoms with Crippen molar-refractivity contribution in [2.45, 2.75) is 148 Å². The van der Waals surface area contributed by atoms with Crippen molar-refractivity contribution in [3.8, 4) is 17.2 Å². The van der Waals surface area contributed by atoms with Gasteiger partial charge in [0.1, 0.15) is 17.8 Å². The van der Waals surface area contributed by atoms with Crippen molar-refractivity contribution in [1.82, 2.24) is 40.9 Å². The summed E-state index contributed by atoms with van der Waals surface area (Å²) in [5.74, 6) is -9.93. The number of fused-ring (bicyclic) bond motifs is 4. The molecule has 9 rings (SSSR count). The molecule has 5 N–H and O–H groups in total. The van der Waals surface area contributed by atoms with E-state index < -0.39 is 131 Å². The monoisotopic (exact) mass is 1490 g/mol. The van der Waals surface area contributed by atoms with Crippen molar-refractivity contribution in [2.24, 2.45) is 11.8 Å². The van der Waals surface area contributed by atoms with Crippen LogP contribution in [0.1, 0.15) is 125 Å². The Balaban J connectivity index is 0.893. The fourth-order valence-electron chi connectivity index (χ4n) is 13.8. The molecular formula is C75H96N10O22. The first-order chi connectivity index (χ1) is 51.2. The minimum atomic E-state index is -2.07. The largest absolute Gasteiger partial charge is 0.493 e. The van der Waals surface area contributed by atoms with Gasteiger partial charge in [-0.15, -0.1) is 0 Å². The molecule has 32 nitrogen and oxygen atoms in total. The van der Waals surface area contributed by atoms with Crippen LogP contribution in [-0.2, 0) is 76.5 Å². The van der Waals surface area contributed by atoms with Gasteiger partial charge in [-0.1, -0.05) is 52.0 Å². The summed E-state index contributed by atoms with van der Waals surface area (Å²) >= 11 is 0. The topological polar surface area (TPSA) is 391 Å². The van der Waals surface area contributed by atoms with Gasteiger partial charge in [0.2, 0.25) is 35.4 Å². The van der Waals surface area contributed by atoms with E-state index in [4.69, 9.17) is 33.2 Å². The number of hydrogen-bond donors (Lipinski definition) is 5. The van der Waals surface area contributed by atoms with Crippen LogP contribution in [0, 0.1) is 18.8 Å². The van der Waals surface area contributed by atoms with Crippen molar-refractivity contribution in [2.75, 3.05) is 116 Å². The maximum absolute atomic E-state index is 14.6. The Labute approximate surface area is 619 Å². The number of nitrogens with zero attached hydrogens (tertiary/aromatic N) is 6. The summed E-state index contributed by atoms with van der Waals surface area (Å²) in [6, 6.07) is -1.10. The third-order valence-electron chi connectivity index (χ3n) is 19.3.